The SMILES string of the molecule is CCc1ncnc(-c2ccnc(C)c2)c1-c1cnc(C)c(NS(=O)(=O)c2cc(C)ccc2OC)c1. The smallest absolute Gasteiger partial charge is 0.265 e. The third-order valence-electron chi connectivity index (χ3n) is 5.66. The molecule has 0 spiro atoms. The molecule has 0 aliphatic heterocycles. The van der Waals surface area contributed by atoms with Crippen LogP contribution in [0.1, 0.15) is 29.6 Å². The quantitative estimate of drug-likeness (QED) is 0.393. The van der Waals surface area contributed by atoms with E-state index >= 15 is 0 Å². The molecule has 4 rings (SSSR count). The molecule has 0 saturated heterocycles. The van der Waals surface area contributed by atoms with E-state index in [2.05, 4.69) is 24.7 Å². The molecule has 3 heterocycles. The molecular formula is C26H27N5O3S. The van der Waals surface area contributed by atoms with Gasteiger partial charge in [0.15, 0.2) is 0 Å². The Hall–Kier alpha value is -3.85. The number of aryl methyl sites for hydroxylation is 4. The van der Waals surface area contributed by atoms with Crippen molar-refractivity contribution in [2.24, 2.45) is 0 Å². The summed E-state index contributed by atoms with van der Waals surface area (Å²) in [6.07, 6.45) is 5.67. The van der Waals surface area contributed by atoms with Gasteiger partial charge in [0.1, 0.15) is 17.0 Å². The number of sulfonamides is 1. The first-order valence-electron chi connectivity index (χ1n) is 11.1. The van der Waals surface area contributed by atoms with Crippen molar-refractivity contribution in [1.82, 2.24) is 19.9 Å². The Bertz CT molecular complexity index is 1500. The van der Waals surface area contributed by atoms with Crippen molar-refractivity contribution < 1.29 is 13.2 Å². The number of nitrogens with zero attached hydrogens (tertiary/aromatic N) is 4. The van der Waals surface area contributed by atoms with E-state index in [1.807, 2.05) is 32.9 Å². The van der Waals surface area contributed by atoms with Crippen molar-refractivity contribution in [2.45, 2.75) is 39.0 Å². The average Bonchev–Trinajstić information content (AvgIpc) is 2.84. The lowest BCUT2D eigenvalue weighted by molar-refractivity contribution is 0.402. The summed E-state index contributed by atoms with van der Waals surface area (Å²) >= 11 is 0. The van der Waals surface area contributed by atoms with Crippen LogP contribution in [0.3, 0.4) is 0 Å². The number of rotatable bonds is 7. The molecule has 0 bridgehead atoms. The Kier molecular flexibility index (Phi) is 6.79. The molecule has 0 saturated carbocycles. The van der Waals surface area contributed by atoms with Gasteiger partial charge in [-0.1, -0.05) is 13.0 Å². The third kappa shape index (κ3) is 5.00. The second-order valence-electron chi connectivity index (χ2n) is 8.20. The summed E-state index contributed by atoms with van der Waals surface area (Å²) in [5.74, 6) is 0.268. The lowest BCUT2D eigenvalue weighted by Crippen LogP contribution is -2.15. The van der Waals surface area contributed by atoms with E-state index in [0.717, 1.165) is 33.8 Å². The molecule has 9 heteroatoms. The minimum Gasteiger partial charge on any atom is -0.495 e. The topological polar surface area (TPSA) is 107 Å². The number of nitrogens with one attached hydrogen (secondary N) is 1. The molecule has 180 valence electrons. The summed E-state index contributed by atoms with van der Waals surface area (Å²) in [6, 6.07) is 10.7. The molecule has 0 fully saturated rings. The van der Waals surface area contributed by atoms with Crippen LogP contribution in [0, 0.1) is 20.8 Å². The van der Waals surface area contributed by atoms with Crippen molar-refractivity contribution in [3.8, 4) is 28.1 Å². The largest absolute Gasteiger partial charge is 0.495 e. The van der Waals surface area contributed by atoms with Gasteiger partial charge in [0.25, 0.3) is 10.0 Å². The second kappa shape index (κ2) is 9.79. The molecule has 3 aromatic heterocycles. The standard InChI is InChI=1S/C26H27N5O3S/c1-6-21-25(26(30-15-29-21)19-9-10-27-17(3)12-19)20-13-22(18(4)28-14-20)31-35(32,33)24-11-16(2)7-8-23(24)34-5/h7-15,31H,6H2,1-5H3. The Morgan fingerprint density at radius 1 is 0.943 bits per heavy atom. The fourth-order valence-corrected chi connectivity index (χ4v) is 5.24. The minimum absolute atomic E-state index is 0.0649. The predicted octanol–water partition coefficient (Wildman–Crippen LogP) is 4.90. The number of methoxy groups -OCH3 is 1. The van der Waals surface area contributed by atoms with Crippen LogP contribution in [-0.4, -0.2) is 35.5 Å². The first-order valence-corrected chi connectivity index (χ1v) is 12.6. The number of anilines is 1. The van der Waals surface area contributed by atoms with Crippen LogP contribution in [0.2, 0.25) is 0 Å². The zero-order chi connectivity index (χ0) is 25.2. The van der Waals surface area contributed by atoms with Gasteiger partial charge >= 0.3 is 0 Å². The fourth-order valence-electron chi connectivity index (χ4n) is 3.87. The van der Waals surface area contributed by atoms with Gasteiger partial charge in [0.2, 0.25) is 0 Å². The third-order valence-corrected chi connectivity index (χ3v) is 7.05. The molecule has 4 aromatic rings. The van der Waals surface area contributed by atoms with E-state index in [9.17, 15) is 8.42 Å². The summed E-state index contributed by atoms with van der Waals surface area (Å²) < 4.78 is 34.7. The first-order chi connectivity index (χ1) is 16.7. The maximum absolute atomic E-state index is 13.3. The molecule has 35 heavy (non-hydrogen) atoms. The van der Waals surface area contributed by atoms with Gasteiger partial charge in [-0.05, 0) is 63.1 Å². The molecule has 8 nitrogen and oxygen atoms in total. The van der Waals surface area contributed by atoms with Gasteiger partial charge < -0.3 is 4.74 Å². The lowest BCUT2D eigenvalue weighted by Gasteiger charge is -2.16. The zero-order valence-corrected chi connectivity index (χ0v) is 21.1. The normalized spacial score (nSPS) is 11.3. The fraction of sp³-hybridized carbons (Fsp3) is 0.231. The van der Waals surface area contributed by atoms with Crippen LogP contribution in [0.15, 0.2) is 60.0 Å². The number of pyridine rings is 2. The maximum Gasteiger partial charge on any atom is 0.265 e. The van der Waals surface area contributed by atoms with Crippen molar-refractivity contribution in [1.29, 1.82) is 0 Å². The summed E-state index contributed by atoms with van der Waals surface area (Å²) in [6.45, 7) is 7.52. The molecule has 1 N–H and O–H groups in total. The van der Waals surface area contributed by atoms with E-state index in [-0.39, 0.29) is 10.6 Å². The van der Waals surface area contributed by atoms with Crippen molar-refractivity contribution in [2.75, 3.05) is 11.8 Å². The summed E-state index contributed by atoms with van der Waals surface area (Å²) in [4.78, 5) is 17.9. The van der Waals surface area contributed by atoms with Crippen molar-refractivity contribution in [3.05, 3.63) is 77.8 Å². The number of benzene rings is 1. The highest BCUT2D eigenvalue weighted by atomic mass is 32.2. The molecular weight excluding hydrogens is 462 g/mol. The van der Waals surface area contributed by atoms with Gasteiger partial charge in [-0.2, -0.15) is 0 Å². The van der Waals surface area contributed by atoms with Crippen LogP contribution < -0.4 is 9.46 Å². The van der Waals surface area contributed by atoms with Crippen molar-refractivity contribution in [3.63, 3.8) is 0 Å². The number of aromatic nitrogens is 4. The van der Waals surface area contributed by atoms with E-state index in [4.69, 9.17) is 4.74 Å². The van der Waals surface area contributed by atoms with Crippen LogP contribution in [0.25, 0.3) is 22.4 Å². The monoisotopic (exact) mass is 489 g/mol. The first kappa shape index (κ1) is 24.3. The summed E-state index contributed by atoms with van der Waals surface area (Å²) in [7, 11) is -2.49. The van der Waals surface area contributed by atoms with E-state index in [1.54, 1.807) is 49.9 Å². The second-order valence-corrected chi connectivity index (χ2v) is 9.85. The average molecular weight is 490 g/mol. The van der Waals surface area contributed by atoms with E-state index < -0.39 is 10.0 Å². The van der Waals surface area contributed by atoms with Gasteiger partial charge in [-0.15, -0.1) is 0 Å². The number of hydrogen-bond donors (Lipinski definition) is 1. The van der Waals surface area contributed by atoms with Crippen LogP contribution in [0.5, 0.6) is 5.75 Å². The molecule has 1 aromatic carbocycles. The minimum atomic E-state index is -3.94. The van der Waals surface area contributed by atoms with Crippen molar-refractivity contribution >= 4 is 15.7 Å². The molecule has 0 amide bonds. The van der Waals surface area contributed by atoms with Gasteiger partial charge in [0, 0.05) is 34.8 Å². The Labute approximate surface area is 205 Å². The van der Waals surface area contributed by atoms with Crippen LogP contribution in [-0.2, 0) is 16.4 Å². The highest BCUT2D eigenvalue weighted by Gasteiger charge is 2.22. The molecule has 0 atom stereocenters. The van der Waals surface area contributed by atoms with Gasteiger partial charge in [0.05, 0.1) is 29.9 Å². The Morgan fingerprint density at radius 2 is 1.74 bits per heavy atom. The van der Waals surface area contributed by atoms with Gasteiger partial charge in [-0.3, -0.25) is 14.7 Å². The lowest BCUT2D eigenvalue weighted by atomic mass is 9.97. The highest BCUT2D eigenvalue weighted by molar-refractivity contribution is 7.92. The molecule has 0 unspecified atom stereocenters. The Balaban J connectivity index is 1.84. The maximum atomic E-state index is 13.3. The van der Waals surface area contributed by atoms with Crippen LogP contribution in [0.4, 0.5) is 5.69 Å². The number of ether oxygens (including phenoxy) is 1. The van der Waals surface area contributed by atoms with Crippen LogP contribution >= 0.6 is 0 Å². The van der Waals surface area contributed by atoms with E-state index in [1.165, 1.54) is 7.11 Å². The van der Waals surface area contributed by atoms with Gasteiger partial charge in [-0.25, -0.2) is 18.4 Å². The molecule has 0 aliphatic rings. The zero-order valence-electron chi connectivity index (χ0n) is 20.3. The van der Waals surface area contributed by atoms with E-state index in [0.29, 0.717) is 23.4 Å². The predicted molar refractivity (Wildman–Crippen MR) is 136 cm³/mol. The highest BCUT2D eigenvalue weighted by Crippen LogP contribution is 2.35. The molecule has 0 aliphatic carbocycles. The summed E-state index contributed by atoms with van der Waals surface area (Å²) in [5, 5.41) is 0. The number of hydrogen-bond acceptors (Lipinski definition) is 7. The molecule has 0 radical (unpaired) electrons. The summed E-state index contributed by atoms with van der Waals surface area (Å²) in [5.41, 5.74) is 6.58. The Morgan fingerprint density at radius 3 is 2.46 bits per heavy atom.